The van der Waals surface area contributed by atoms with Crippen LogP contribution in [0.5, 0.6) is 0 Å². The summed E-state index contributed by atoms with van der Waals surface area (Å²) in [4.78, 5) is 14.4. The second kappa shape index (κ2) is 6.26. The van der Waals surface area contributed by atoms with Crippen LogP contribution < -0.4 is 5.32 Å². The van der Waals surface area contributed by atoms with Crippen molar-refractivity contribution in [2.45, 2.75) is 32.2 Å². The van der Waals surface area contributed by atoms with Gasteiger partial charge in [-0.3, -0.25) is 4.90 Å². The number of aryl methyl sites for hydroxylation is 1. The van der Waals surface area contributed by atoms with Crippen molar-refractivity contribution in [3.63, 3.8) is 0 Å². The third kappa shape index (κ3) is 3.24. The zero-order valence-corrected chi connectivity index (χ0v) is 12.8. The van der Waals surface area contributed by atoms with Crippen LogP contribution in [0.15, 0.2) is 24.7 Å². The van der Waals surface area contributed by atoms with E-state index in [0.29, 0.717) is 5.92 Å². The molecule has 2 aromatic heterocycles. The molecule has 0 aliphatic carbocycles. The third-order valence-corrected chi connectivity index (χ3v) is 4.32. The Labute approximate surface area is 125 Å². The Morgan fingerprint density at radius 1 is 1.43 bits per heavy atom. The number of nitrogens with one attached hydrogen (secondary N) is 2. The molecule has 0 radical (unpaired) electrons. The summed E-state index contributed by atoms with van der Waals surface area (Å²) in [5.74, 6) is 1.54. The molecule has 2 N–H and O–H groups in total. The third-order valence-electron chi connectivity index (χ3n) is 4.32. The van der Waals surface area contributed by atoms with Gasteiger partial charge in [0.05, 0.1) is 12.0 Å². The minimum Gasteiger partial charge on any atom is -0.373 e. The standard InChI is InChI=1S/C16H23N5/c1-12-15(20-11-19-12)10-21-7-3-4-14(9-21)13-5-6-18-16(8-13)17-2/h5-6,8,11,14H,3-4,7,9-10H2,1-2H3,(H,17,18)(H,19,20)/t14-/m1/s1. The van der Waals surface area contributed by atoms with E-state index in [2.05, 4.69) is 44.2 Å². The maximum absolute atomic E-state index is 4.42. The molecule has 0 aromatic carbocycles. The van der Waals surface area contributed by atoms with Gasteiger partial charge in [0.2, 0.25) is 0 Å². The van der Waals surface area contributed by atoms with Gasteiger partial charge in [-0.25, -0.2) is 9.97 Å². The molecule has 5 heteroatoms. The predicted molar refractivity (Wildman–Crippen MR) is 84.4 cm³/mol. The number of H-pyrrole nitrogens is 1. The highest BCUT2D eigenvalue weighted by Crippen LogP contribution is 2.28. The fourth-order valence-corrected chi connectivity index (χ4v) is 3.07. The molecule has 0 unspecified atom stereocenters. The lowest BCUT2D eigenvalue weighted by molar-refractivity contribution is 0.198. The van der Waals surface area contributed by atoms with Crippen LogP contribution in [0, 0.1) is 6.92 Å². The van der Waals surface area contributed by atoms with Gasteiger partial charge in [-0.15, -0.1) is 0 Å². The zero-order chi connectivity index (χ0) is 14.7. The van der Waals surface area contributed by atoms with Crippen LogP contribution in [0.4, 0.5) is 5.82 Å². The first-order valence-corrected chi connectivity index (χ1v) is 7.61. The van der Waals surface area contributed by atoms with Crippen LogP contribution in [-0.2, 0) is 6.54 Å². The molecule has 1 aliphatic heterocycles. The minimum absolute atomic E-state index is 0.591. The average molecular weight is 285 g/mol. The van der Waals surface area contributed by atoms with Crippen LogP contribution >= 0.6 is 0 Å². The molecule has 0 saturated carbocycles. The van der Waals surface area contributed by atoms with E-state index in [0.717, 1.165) is 25.5 Å². The van der Waals surface area contributed by atoms with Crippen LogP contribution in [0.2, 0.25) is 0 Å². The Kier molecular flexibility index (Phi) is 4.20. The van der Waals surface area contributed by atoms with Crippen molar-refractivity contribution in [1.82, 2.24) is 19.9 Å². The zero-order valence-electron chi connectivity index (χ0n) is 12.8. The molecule has 1 atom stereocenters. The first kappa shape index (κ1) is 14.1. The molecule has 3 rings (SSSR count). The number of anilines is 1. The van der Waals surface area contributed by atoms with E-state index in [1.54, 1.807) is 6.33 Å². The van der Waals surface area contributed by atoms with Crippen molar-refractivity contribution < 1.29 is 0 Å². The number of pyridine rings is 1. The van der Waals surface area contributed by atoms with Crippen molar-refractivity contribution in [2.75, 3.05) is 25.5 Å². The second-order valence-electron chi connectivity index (χ2n) is 5.77. The number of piperidine rings is 1. The smallest absolute Gasteiger partial charge is 0.125 e. The van der Waals surface area contributed by atoms with Gasteiger partial charge in [0, 0.05) is 32.0 Å². The Bertz CT molecular complexity index is 592. The Hall–Kier alpha value is -1.88. The summed E-state index contributed by atoms with van der Waals surface area (Å²) >= 11 is 0. The van der Waals surface area contributed by atoms with Crippen molar-refractivity contribution in [3.8, 4) is 0 Å². The number of aromatic nitrogens is 3. The number of hydrogen-bond donors (Lipinski definition) is 2. The van der Waals surface area contributed by atoms with E-state index >= 15 is 0 Å². The molecule has 0 spiro atoms. The molecule has 1 saturated heterocycles. The van der Waals surface area contributed by atoms with Gasteiger partial charge < -0.3 is 10.3 Å². The Balaban J connectivity index is 1.69. The van der Waals surface area contributed by atoms with Gasteiger partial charge in [-0.2, -0.15) is 0 Å². The molecular formula is C16H23N5. The molecule has 5 nitrogen and oxygen atoms in total. The number of likely N-dealkylation sites (tertiary alicyclic amines) is 1. The fraction of sp³-hybridized carbons (Fsp3) is 0.500. The summed E-state index contributed by atoms with van der Waals surface area (Å²) in [6.07, 6.45) is 6.18. The highest BCUT2D eigenvalue weighted by Gasteiger charge is 2.22. The van der Waals surface area contributed by atoms with Crippen LogP contribution in [-0.4, -0.2) is 40.0 Å². The van der Waals surface area contributed by atoms with Crippen molar-refractivity contribution >= 4 is 5.82 Å². The molecule has 0 bridgehead atoms. The van der Waals surface area contributed by atoms with E-state index < -0.39 is 0 Å². The maximum Gasteiger partial charge on any atom is 0.125 e. The first-order chi connectivity index (χ1) is 10.3. The van der Waals surface area contributed by atoms with E-state index in [1.807, 2.05) is 13.2 Å². The predicted octanol–water partition coefficient (Wildman–Crippen LogP) is 2.53. The number of aromatic amines is 1. The molecule has 112 valence electrons. The van der Waals surface area contributed by atoms with Crippen molar-refractivity contribution in [2.24, 2.45) is 0 Å². The molecule has 3 heterocycles. The summed E-state index contributed by atoms with van der Waals surface area (Å²) in [6.45, 7) is 5.29. The molecule has 1 aliphatic rings. The van der Waals surface area contributed by atoms with E-state index in [4.69, 9.17) is 0 Å². The summed E-state index contributed by atoms with van der Waals surface area (Å²) < 4.78 is 0. The normalized spacial score (nSPS) is 19.6. The van der Waals surface area contributed by atoms with E-state index in [9.17, 15) is 0 Å². The Morgan fingerprint density at radius 3 is 3.10 bits per heavy atom. The molecular weight excluding hydrogens is 262 g/mol. The lowest BCUT2D eigenvalue weighted by atomic mass is 9.91. The maximum atomic E-state index is 4.42. The number of rotatable bonds is 4. The van der Waals surface area contributed by atoms with Crippen LogP contribution in [0.1, 0.15) is 35.7 Å². The lowest BCUT2D eigenvalue weighted by Gasteiger charge is -2.32. The first-order valence-electron chi connectivity index (χ1n) is 7.61. The molecule has 2 aromatic rings. The monoisotopic (exact) mass is 285 g/mol. The minimum atomic E-state index is 0.591. The summed E-state index contributed by atoms with van der Waals surface area (Å²) in [5, 5.41) is 3.12. The highest BCUT2D eigenvalue weighted by molar-refractivity contribution is 5.38. The molecule has 0 amide bonds. The SMILES string of the molecule is CNc1cc([C@@H]2CCCN(Cc3nc[nH]c3C)C2)ccn1. The summed E-state index contributed by atoms with van der Waals surface area (Å²) in [5.41, 5.74) is 3.73. The van der Waals surface area contributed by atoms with Gasteiger partial charge in [-0.05, 0) is 49.9 Å². The van der Waals surface area contributed by atoms with Gasteiger partial charge in [0.25, 0.3) is 0 Å². The van der Waals surface area contributed by atoms with E-state index in [-0.39, 0.29) is 0 Å². The van der Waals surface area contributed by atoms with Gasteiger partial charge in [-0.1, -0.05) is 0 Å². The van der Waals surface area contributed by atoms with Crippen molar-refractivity contribution in [3.05, 3.63) is 41.6 Å². The number of imidazole rings is 1. The van der Waals surface area contributed by atoms with Gasteiger partial charge in [0.15, 0.2) is 0 Å². The van der Waals surface area contributed by atoms with Crippen LogP contribution in [0.3, 0.4) is 0 Å². The summed E-state index contributed by atoms with van der Waals surface area (Å²) in [7, 11) is 1.92. The average Bonchev–Trinajstić information content (AvgIpc) is 2.93. The fourth-order valence-electron chi connectivity index (χ4n) is 3.07. The Morgan fingerprint density at radius 2 is 2.33 bits per heavy atom. The number of hydrogen-bond acceptors (Lipinski definition) is 4. The number of nitrogens with zero attached hydrogens (tertiary/aromatic N) is 3. The largest absolute Gasteiger partial charge is 0.373 e. The summed E-state index contributed by atoms with van der Waals surface area (Å²) in [6, 6.07) is 4.32. The highest BCUT2D eigenvalue weighted by atomic mass is 15.1. The van der Waals surface area contributed by atoms with E-state index in [1.165, 1.54) is 29.8 Å². The second-order valence-corrected chi connectivity index (χ2v) is 5.77. The molecule has 1 fully saturated rings. The lowest BCUT2D eigenvalue weighted by Crippen LogP contribution is -2.34. The topological polar surface area (TPSA) is 56.8 Å². The van der Waals surface area contributed by atoms with Crippen LogP contribution in [0.25, 0.3) is 0 Å². The van der Waals surface area contributed by atoms with Gasteiger partial charge >= 0.3 is 0 Å². The quantitative estimate of drug-likeness (QED) is 0.906. The van der Waals surface area contributed by atoms with Crippen molar-refractivity contribution in [1.29, 1.82) is 0 Å². The van der Waals surface area contributed by atoms with Gasteiger partial charge in [0.1, 0.15) is 5.82 Å². The molecule has 21 heavy (non-hydrogen) atoms.